The fourth-order valence-electron chi connectivity index (χ4n) is 2.77. The molecule has 1 atom stereocenters. The van der Waals surface area contributed by atoms with Crippen molar-refractivity contribution in [2.75, 3.05) is 6.54 Å². The number of carboxylic acids is 1. The lowest BCUT2D eigenvalue weighted by Crippen LogP contribution is -2.39. The average Bonchev–Trinajstić information content (AvgIpc) is 3.25. The van der Waals surface area contributed by atoms with Gasteiger partial charge in [0.05, 0.1) is 11.3 Å². The van der Waals surface area contributed by atoms with E-state index >= 15 is 0 Å². The van der Waals surface area contributed by atoms with Crippen LogP contribution in [0.3, 0.4) is 0 Å². The van der Waals surface area contributed by atoms with Crippen LogP contribution in [0.1, 0.15) is 38.7 Å². The number of nitrogens with one attached hydrogen (secondary N) is 1. The van der Waals surface area contributed by atoms with Gasteiger partial charge in [0.2, 0.25) is 5.91 Å². The first kappa shape index (κ1) is 17.0. The third kappa shape index (κ3) is 3.88. The number of hydrogen-bond acceptors (Lipinski definition) is 2. The highest BCUT2D eigenvalue weighted by Gasteiger charge is 2.51. The van der Waals surface area contributed by atoms with Gasteiger partial charge in [0, 0.05) is 11.0 Å². The molecule has 4 nitrogen and oxygen atoms in total. The number of aliphatic carboxylic acids is 1. The van der Waals surface area contributed by atoms with Crippen molar-refractivity contribution in [2.24, 2.45) is 11.8 Å². The van der Waals surface area contributed by atoms with Crippen LogP contribution in [0.15, 0.2) is 28.7 Å². The zero-order valence-corrected chi connectivity index (χ0v) is 14.5. The van der Waals surface area contributed by atoms with Crippen LogP contribution in [-0.4, -0.2) is 23.5 Å². The summed E-state index contributed by atoms with van der Waals surface area (Å²) in [7, 11) is 0. The monoisotopic (exact) mass is 367 g/mol. The van der Waals surface area contributed by atoms with Crippen LogP contribution in [0.5, 0.6) is 0 Å². The predicted octanol–water partition coefficient (Wildman–Crippen LogP) is 3.34. The quantitative estimate of drug-likeness (QED) is 0.776. The molecule has 0 saturated heterocycles. The number of carbonyl (C=O) groups excluding carboxylic acids is 1. The van der Waals surface area contributed by atoms with E-state index in [2.05, 4.69) is 21.2 Å². The summed E-state index contributed by atoms with van der Waals surface area (Å²) in [6.45, 7) is 4.18. The van der Waals surface area contributed by atoms with Gasteiger partial charge in [-0.3, -0.25) is 9.59 Å². The Hall–Kier alpha value is -1.36. The molecule has 0 radical (unpaired) electrons. The third-order valence-corrected chi connectivity index (χ3v) is 4.72. The lowest BCUT2D eigenvalue weighted by Gasteiger charge is -2.19. The number of amides is 1. The van der Waals surface area contributed by atoms with Crippen molar-refractivity contribution in [3.05, 3.63) is 34.3 Å². The molecule has 22 heavy (non-hydrogen) atoms. The molecule has 1 unspecified atom stereocenters. The van der Waals surface area contributed by atoms with Gasteiger partial charge in [-0.05, 0) is 42.9 Å². The molecule has 0 heterocycles. The van der Waals surface area contributed by atoms with Crippen LogP contribution in [0.2, 0.25) is 0 Å². The molecule has 1 fully saturated rings. The Kier molecular flexibility index (Phi) is 5.27. The number of benzene rings is 1. The first-order valence-electron chi connectivity index (χ1n) is 7.62. The molecule has 5 heteroatoms. The van der Waals surface area contributed by atoms with Crippen LogP contribution < -0.4 is 5.32 Å². The van der Waals surface area contributed by atoms with Crippen LogP contribution in [-0.2, 0) is 15.0 Å². The fourth-order valence-corrected chi connectivity index (χ4v) is 3.03. The number of carbonyl (C=O) groups is 2. The van der Waals surface area contributed by atoms with E-state index in [0.717, 1.165) is 22.9 Å². The van der Waals surface area contributed by atoms with Crippen molar-refractivity contribution in [3.8, 4) is 0 Å². The summed E-state index contributed by atoms with van der Waals surface area (Å²) < 4.78 is 0.982. The van der Waals surface area contributed by atoms with Crippen molar-refractivity contribution >= 4 is 27.8 Å². The molecule has 1 amide bonds. The summed E-state index contributed by atoms with van der Waals surface area (Å²) >= 11 is 3.39. The second-order valence-corrected chi connectivity index (χ2v) is 7.38. The first-order valence-corrected chi connectivity index (χ1v) is 8.41. The number of halogens is 1. The Bertz CT molecular complexity index is 550. The molecule has 0 bridgehead atoms. The Balaban J connectivity index is 1.99. The van der Waals surface area contributed by atoms with Crippen molar-refractivity contribution in [1.29, 1.82) is 0 Å². The van der Waals surface area contributed by atoms with E-state index in [1.54, 1.807) is 0 Å². The highest BCUT2D eigenvalue weighted by molar-refractivity contribution is 9.10. The van der Waals surface area contributed by atoms with Crippen molar-refractivity contribution in [3.63, 3.8) is 0 Å². The van der Waals surface area contributed by atoms with Crippen molar-refractivity contribution < 1.29 is 14.7 Å². The molecule has 1 aromatic rings. The van der Waals surface area contributed by atoms with Gasteiger partial charge in [-0.1, -0.05) is 41.9 Å². The second-order valence-electron chi connectivity index (χ2n) is 6.46. The summed E-state index contributed by atoms with van der Waals surface area (Å²) in [4.78, 5) is 23.8. The van der Waals surface area contributed by atoms with Gasteiger partial charge in [-0.25, -0.2) is 0 Å². The summed E-state index contributed by atoms with van der Waals surface area (Å²) in [6.07, 6.45) is 2.21. The first-order chi connectivity index (χ1) is 10.3. The van der Waals surface area contributed by atoms with Crippen LogP contribution in [0.25, 0.3) is 0 Å². The van der Waals surface area contributed by atoms with E-state index < -0.39 is 17.3 Å². The SMILES string of the molecule is CC(C)CC(CNC(=O)C1(c2ccc(Br)cc2)CC1)C(=O)O. The Labute approximate surface area is 139 Å². The summed E-state index contributed by atoms with van der Waals surface area (Å²) in [5, 5.41) is 12.1. The molecule has 120 valence electrons. The second kappa shape index (κ2) is 6.82. The van der Waals surface area contributed by atoms with Crippen molar-refractivity contribution in [2.45, 2.75) is 38.5 Å². The topological polar surface area (TPSA) is 66.4 Å². The summed E-state index contributed by atoms with van der Waals surface area (Å²) in [5.41, 5.74) is 0.547. The van der Waals surface area contributed by atoms with Crippen LogP contribution in [0, 0.1) is 11.8 Å². The van der Waals surface area contributed by atoms with E-state index in [4.69, 9.17) is 0 Å². The van der Waals surface area contributed by atoms with Gasteiger partial charge in [-0.15, -0.1) is 0 Å². The zero-order chi connectivity index (χ0) is 16.3. The molecule has 1 aliphatic carbocycles. The van der Waals surface area contributed by atoms with Crippen LogP contribution >= 0.6 is 15.9 Å². The molecule has 2 rings (SSSR count). The lowest BCUT2D eigenvalue weighted by atomic mass is 9.93. The van der Waals surface area contributed by atoms with E-state index in [1.807, 2.05) is 38.1 Å². The minimum absolute atomic E-state index is 0.0511. The van der Waals surface area contributed by atoms with Gasteiger partial charge in [0.1, 0.15) is 0 Å². The number of hydrogen-bond donors (Lipinski definition) is 2. The average molecular weight is 368 g/mol. The van der Waals surface area contributed by atoms with Gasteiger partial charge < -0.3 is 10.4 Å². The maximum atomic E-state index is 12.5. The minimum Gasteiger partial charge on any atom is -0.481 e. The van der Waals surface area contributed by atoms with Crippen LogP contribution in [0.4, 0.5) is 0 Å². The zero-order valence-electron chi connectivity index (χ0n) is 12.9. The van der Waals surface area contributed by atoms with E-state index in [9.17, 15) is 14.7 Å². The highest BCUT2D eigenvalue weighted by atomic mass is 79.9. The van der Waals surface area contributed by atoms with Crippen molar-refractivity contribution in [1.82, 2.24) is 5.32 Å². The standard InChI is InChI=1S/C17H22BrNO3/c1-11(2)9-12(15(20)21)10-19-16(22)17(7-8-17)13-3-5-14(18)6-4-13/h3-6,11-12H,7-10H2,1-2H3,(H,19,22)(H,20,21). The molecule has 1 aliphatic rings. The molecule has 2 N–H and O–H groups in total. The van der Waals surface area contributed by atoms with E-state index in [0.29, 0.717) is 12.3 Å². The Morgan fingerprint density at radius 2 is 1.86 bits per heavy atom. The number of carboxylic acid groups (broad SMARTS) is 1. The maximum absolute atomic E-state index is 12.5. The molecule has 0 spiro atoms. The molecule has 0 aromatic heterocycles. The van der Waals surface area contributed by atoms with Gasteiger partial charge in [0.25, 0.3) is 0 Å². The minimum atomic E-state index is -0.845. The largest absolute Gasteiger partial charge is 0.481 e. The normalized spacial score (nSPS) is 17.1. The number of rotatable bonds is 7. The Morgan fingerprint density at radius 1 is 1.27 bits per heavy atom. The lowest BCUT2D eigenvalue weighted by molar-refractivity contribution is -0.142. The predicted molar refractivity (Wildman–Crippen MR) is 88.6 cm³/mol. The third-order valence-electron chi connectivity index (χ3n) is 4.20. The van der Waals surface area contributed by atoms with Gasteiger partial charge in [-0.2, -0.15) is 0 Å². The summed E-state index contributed by atoms with van der Waals surface area (Å²) in [6, 6.07) is 7.78. The van der Waals surface area contributed by atoms with E-state index in [1.165, 1.54) is 0 Å². The summed E-state index contributed by atoms with van der Waals surface area (Å²) in [5.74, 6) is -1.13. The molecule has 0 aliphatic heterocycles. The molecule has 1 aromatic carbocycles. The van der Waals surface area contributed by atoms with E-state index in [-0.39, 0.29) is 12.5 Å². The molecular weight excluding hydrogens is 346 g/mol. The Morgan fingerprint density at radius 3 is 2.32 bits per heavy atom. The smallest absolute Gasteiger partial charge is 0.308 e. The van der Waals surface area contributed by atoms with Gasteiger partial charge >= 0.3 is 5.97 Å². The fraction of sp³-hybridized carbons (Fsp3) is 0.529. The maximum Gasteiger partial charge on any atom is 0.308 e. The van der Waals surface area contributed by atoms with Gasteiger partial charge in [0.15, 0.2) is 0 Å². The molecular formula is C17H22BrNO3. The molecule has 1 saturated carbocycles. The highest BCUT2D eigenvalue weighted by Crippen LogP contribution is 2.48.